The van der Waals surface area contributed by atoms with Crippen molar-refractivity contribution in [3.63, 3.8) is 0 Å². The van der Waals surface area contributed by atoms with E-state index in [1.54, 1.807) is 0 Å². The largest absolute Gasteiger partial charge is 0.494 e. The minimum absolute atomic E-state index is 0.0284. The maximum atomic E-state index is 12.5. The lowest BCUT2D eigenvalue weighted by Crippen LogP contribution is -2.39. The van der Waals surface area contributed by atoms with Gasteiger partial charge in [0, 0.05) is 37.0 Å². The molecule has 0 fully saturated rings. The first-order chi connectivity index (χ1) is 16.0. The number of aryl methyl sites for hydroxylation is 2. The van der Waals surface area contributed by atoms with Gasteiger partial charge in [-0.3, -0.25) is 9.69 Å². The Labute approximate surface area is 195 Å². The van der Waals surface area contributed by atoms with E-state index in [4.69, 9.17) is 4.74 Å². The highest BCUT2D eigenvalue weighted by Crippen LogP contribution is 2.23. The molecule has 1 aliphatic heterocycles. The molecule has 1 aliphatic rings. The van der Waals surface area contributed by atoms with Crippen LogP contribution in [0, 0.1) is 13.8 Å². The number of ether oxygens (including phenoxy) is 1. The van der Waals surface area contributed by atoms with Crippen molar-refractivity contribution in [1.29, 1.82) is 0 Å². The van der Waals surface area contributed by atoms with Crippen LogP contribution in [0.25, 0.3) is 11.3 Å². The van der Waals surface area contributed by atoms with Gasteiger partial charge in [-0.25, -0.2) is 4.68 Å². The van der Waals surface area contributed by atoms with Crippen LogP contribution in [0.2, 0.25) is 0 Å². The van der Waals surface area contributed by atoms with Gasteiger partial charge in [0.2, 0.25) is 5.91 Å². The predicted molar refractivity (Wildman–Crippen MR) is 132 cm³/mol. The van der Waals surface area contributed by atoms with Gasteiger partial charge >= 0.3 is 0 Å². The third-order valence-corrected chi connectivity index (χ3v) is 6.12. The molecule has 0 saturated carbocycles. The van der Waals surface area contributed by atoms with E-state index in [0.29, 0.717) is 19.7 Å². The molecule has 0 saturated heterocycles. The van der Waals surface area contributed by atoms with Crippen LogP contribution >= 0.6 is 0 Å². The van der Waals surface area contributed by atoms with E-state index < -0.39 is 0 Å². The first-order valence-electron chi connectivity index (χ1n) is 11.5. The molecular weight excluding hydrogens is 412 g/mol. The molecule has 0 aliphatic carbocycles. The molecule has 0 radical (unpaired) electrons. The molecule has 0 atom stereocenters. The lowest BCUT2D eigenvalue weighted by molar-refractivity contribution is -0.122. The SMILES string of the molecule is CCOc1ccccc1CNC(=O)CN1CC=C(c2cnn(-c3ccc(C)c(C)c3)c2)CC1. The Morgan fingerprint density at radius 3 is 2.76 bits per heavy atom. The number of para-hydroxylation sites is 1. The van der Waals surface area contributed by atoms with Crippen LogP contribution in [-0.2, 0) is 11.3 Å². The molecule has 2 aromatic carbocycles. The van der Waals surface area contributed by atoms with Crippen LogP contribution in [0.4, 0.5) is 0 Å². The van der Waals surface area contributed by atoms with E-state index in [-0.39, 0.29) is 5.91 Å². The Morgan fingerprint density at radius 1 is 1.15 bits per heavy atom. The third-order valence-electron chi connectivity index (χ3n) is 6.12. The van der Waals surface area contributed by atoms with Crippen LogP contribution in [0.5, 0.6) is 5.75 Å². The summed E-state index contributed by atoms with van der Waals surface area (Å²) in [4.78, 5) is 14.7. The number of carbonyl (C=O) groups is 1. The summed E-state index contributed by atoms with van der Waals surface area (Å²) >= 11 is 0. The van der Waals surface area contributed by atoms with Gasteiger partial charge in [0.15, 0.2) is 0 Å². The molecule has 0 spiro atoms. The number of nitrogens with one attached hydrogen (secondary N) is 1. The van der Waals surface area contributed by atoms with Crippen LogP contribution in [0.3, 0.4) is 0 Å². The van der Waals surface area contributed by atoms with E-state index in [2.05, 4.69) is 59.6 Å². The number of hydrogen-bond acceptors (Lipinski definition) is 4. The number of rotatable bonds is 8. The van der Waals surface area contributed by atoms with Crippen molar-refractivity contribution >= 4 is 11.5 Å². The van der Waals surface area contributed by atoms with Gasteiger partial charge in [0.05, 0.1) is 25.0 Å². The predicted octanol–water partition coefficient (Wildman–Crippen LogP) is 4.29. The summed E-state index contributed by atoms with van der Waals surface area (Å²) in [5, 5.41) is 7.58. The van der Waals surface area contributed by atoms with Crippen LogP contribution in [0.15, 0.2) is 60.9 Å². The summed E-state index contributed by atoms with van der Waals surface area (Å²) in [7, 11) is 0. The fourth-order valence-corrected chi connectivity index (χ4v) is 4.01. The molecule has 1 aromatic heterocycles. The second-order valence-corrected chi connectivity index (χ2v) is 8.47. The van der Waals surface area contributed by atoms with Gasteiger partial charge in [0.1, 0.15) is 5.75 Å². The smallest absolute Gasteiger partial charge is 0.234 e. The van der Waals surface area contributed by atoms with E-state index in [1.807, 2.05) is 42.1 Å². The number of carbonyl (C=O) groups excluding carboxylic acids is 1. The van der Waals surface area contributed by atoms with Crippen molar-refractivity contribution in [3.05, 3.63) is 83.2 Å². The van der Waals surface area contributed by atoms with Gasteiger partial charge < -0.3 is 10.1 Å². The first-order valence-corrected chi connectivity index (χ1v) is 11.5. The molecule has 1 amide bonds. The van der Waals surface area contributed by atoms with Gasteiger partial charge in [-0.2, -0.15) is 5.10 Å². The normalized spacial score (nSPS) is 14.1. The van der Waals surface area contributed by atoms with Crippen molar-refractivity contribution in [2.24, 2.45) is 0 Å². The van der Waals surface area contributed by atoms with Crippen molar-refractivity contribution < 1.29 is 9.53 Å². The monoisotopic (exact) mass is 444 g/mol. The highest BCUT2D eigenvalue weighted by Gasteiger charge is 2.17. The fraction of sp³-hybridized carbons (Fsp3) is 0.333. The van der Waals surface area contributed by atoms with E-state index in [1.165, 1.54) is 16.7 Å². The average molecular weight is 445 g/mol. The highest BCUT2D eigenvalue weighted by molar-refractivity contribution is 5.78. The second kappa shape index (κ2) is 10.5. The maximum absolute atomic E-state index is 12.5. The van der Waals surface area contributed by atoms with Crippen molar-refractivity contribution in [2.45, 2.75) is 33.7 Å². The molecule has 1 N–H and O–H groups in total. The van der Waals surface area contributed by atoms with E-state index >= 15 is 0 Å². The summed E-state index contributed by atoms with van der Waals surface area (Å²) in [6, 6.07) is 14.2. The summed E-state index contributed by atoms with van der Waals surface area (Å²) in [5.41, 5.74) is 7.04. The summed E-state index contributed by atoms with van der Waals surface area (Å²) < 4.78 is 7.57. The van der Waals surface area contributed by atoms with Crippen molar-refractivity contribution in [2.75, 3.05) is 26.2 Å². The van der Waals surface area contributed by atoms with Gasteiger partial charge in [0.25, 0.3) is 0 Å². The highest BCUT2D eigenvalue weighted by atomic mass is 16.5. The Morgan fingerprint density at radius 2 is 2.00 bits per heavy atom. The van der Waals surface area contributed by atoms with E-state index in [9.17, 15) is 4.79 Å². The van der Waals surface area contributed by atoms with Gasteiger partial charge in [-0.15, -0.1) is 0 Å². The quantitative estimate of drug-likeness (QED) is 0.563. The zero-order valence-corrected chi connectivity index (χ0v) is 19.7. The summed E-state index contributed by atoms with van der Waals surface area (Å²) in [6.07, 6.45) is 7.13. The van der Waals surface area contributed by atoms with Crippen molar-refractivity contribution in [1.82, 2.24) is 20.0 Å². The number of amides is 1. The number of hydrogen-bond donors (Lipinski definition) is 1. The molecule has 6 heteroatoms. The summed E-state index contributed by atoms with van der Waals surface area (Å²) in [6.45, 7) is 9.28. The lowest BCUT2D eigenvalue weighted by atomic mass is 10.0. The zero-order chi connectivity index (χ0) is 23.2. The molecule has 4 rings (SSSR count). The first kappa shape index (κ1) is 22.8. The topological polar surface area (TPSA) is 59.4 Å². The number of aromatic nitrogens is 2. The minimum atomic E-state index is 0.0284. The lowest BCUT2D eigenvalue weighted by Gasteiger charge is -2.25. The number of nitrogens with zero attached hydrogens (tertiary/aromatic N) is 3. The van der Waals surface area contributed by atoms with Crippen LogP contribution in [-0.4, -0.2) is 46.8 Å². The Kier molecular flexibility index (Phi) is 7.25. The Hall–Kier alpha value is -3.38. The Bertz CT molecular complexity index is 1150. The molecule has 6 nitrogen and oxygen atoms in total. The van der Waals surface area contributed by atoms with Crippen LogP contribution < -0.4 is 10.1 Å². The number of benzene rings is 2. The average Bonchev–Trinajstić information content (AvgIpc) is 3.31. The molecule has 33 heavy (non-hydrogen) atoms. The fourth-order valence-electron chi connectivity index (χ4n) is 4.01. The van der Waals surface area contributed by atoms with Crippen LogP contribution in [0.1, 0.15) is 35.6 Å². The molecule has 3 aromatic rings. The second-order valence-electron chi connectivity index (χ2n) is 8.47. The molecule has 0 bridgehead atoms. The van der Waals surface area contributed by atoms with Gasteiger partial charge in [-0.1, -0.05) is 30.3 Å². The molecule has 172 valence electrons. The molecule has 0 unspecified atom stereocenters. The van der Waals surface area contributed by atoms with E-state index in [0.717, 1.165) is 42.1 Å². The molecular formula is C27H32N4O2. The van der Waals surface area contributed by atoms with Crippen molar-refractivity contribution in [3.8, 4) is 11.4 Å². The summed E-state index contributed by atoms with van der Waals surface area (Å²) in [5.74, 6) is 0.855. The van der Waals surface area contributed by atoms with Gasteiger partial charge in [-0.05, 0) is 62.1 Å². The minimum Gasteiger partial charge on any atom is -0.494 e. The Balaban J connectivity index is 1.30. The molecule has 2 heterocycles. The standard InChI is InChI=1S/C27H32N4O2/c1-4-33-26-8-6-5-7-23(26)16-28-27(32)19-30-13-11-22(12-14-30)24-17-29-31(18-24)25-10-9-20(2)21(3)15-25/h5-11,15,17-18H,4,12-14,16,19H2,1-3H3,(H,28,32). The maximum Gasteiger partial charge on any atom is 0.234 e. The third kappa shape index (κ3) is 5.71. The zero-order valence-electron chi connectivity index (χ0n) is 19.7.